The van der Waals surface area contributed by atoms with Gasteiger partial charge in [0, 0.05) is 6.42 Å². The van der Waals surface area contributed by atoms with Crippen molar-refractivity contribution >= 4 is 5.91 Å². The first-order valence-corrected chi connectivity index (χ1v) is 8.56. The second-order valence-electron chi connectivity index (χ2n) is 8.48. The van der Waals surface area contributed by atoms with Crippen molar-refractivity contribution < 1.29 is 4.79 Å². The summed E-state index contributed by atoms with van der Waals surface area (Å²) in [7, 11) is 0. The summed E-state index contributed by atoms with van der Waals surface area (Å²) >= 11 is 0. The van der Waals surface area contributed by atoms with Crippen LogP contribution in [0.1, 0.15) is 65.4 Å². The third kappa shape index (κ3) is 4.12. The molecule has 3 unspecified atom stereocenters. The van der Waals surface area contributed by atoms with Gasteiger partial charge in [0.2, 0.25) is 5.91 Å². The van der Waals surface area contributed by atoms with E-state index in [2.05, 4.69) is 58.0 Å². The number of primary amides is 1. The lowest BCUT2D eigenvalue weighted by Gasteiger charge is -2.49. The van der Waals surface area contributed by atoms with E-state index < -0.39 is 0 Å². The Balaban J connectivity index is 2.34. The number of nitrogens with two attached hydrogens (primary N) is 1. The predicted molar refractivity (Wildman–Crippen MR) is 92.5 cm³/mol. The lowest BCUT2D eigenvalue weighted by Crippen LogP contribution is -2.41. The maximum absolute atomic E-state index is 11.3. The quantitative estimate of drug-likeness (QED) is 0.843. The lowest BCUT2D eigenvalue weighted by molar-refractivity contribution is -0.119. The first-order chi connectivity index (χ1) is 10.2. The summed E-state index contributed by atoms with van der Waals surface area (Å²) in [6, 6.07) is 10.9. The van der Waals surface area contributed by atoms with Crippen molar-refractivity contribution in [2.24, 2.45) is 23.0 Å². The van der Waals surface area contributed by atoms with Crippen molar-refractivity contribution in [1.29, 1.82) is 0 Å². The average Bonchev–Trinajstić information content (AvgIpc) is 2.35. The molecule has 0 aromatic heterocycles. The SMILES string of the molecule is CC(CC(N)=O)CC1(c2ccccc2)CC(C)CC(C)(C)C1. The first kappa shape index (κ1) is 17.1. The smallest absolute Gasteiger partial charge is 0.217 e. The molecule has 2 rings (SSSR count). The minimum absolute atomic E-state index is 0.178. The number of benzene rings is 1. The van der Waals surface area contributed by atoms with Gasteiger partial charge in [0.05, 0.1) is 0 Å². The maximum atomic E-state index is 11.3. The molecule has 1 amide bonds. The van der Waals surface area contributed by atoms with Crippen LogP contribution in [0.3, 0.4) is 0 Å². The van der Waals surface area contributed by atoms with E-state index in [0.29, 0.717) is 23.7 Å². The lowest BCUT2D eigenvalue weighted by atomic mass is 9.55. The highest BCUT2D eigenvalue weighted by Gasteiger charge is 2.44. The third-order valence-corrected chi connectivity index (χ3v) is 5.13. The van der Waals surface area contributed by atoms with Crippen LogP contribution in [0.2, 0.25) is 0 Å². The Bertz CT molecular complexity index is 508. The van der Waals surface area contributed by atoms with Crippen LogP contribution in [0.15, 0.2) is 30.3 Å². The number of hydrogen-bond acceptors (Lipinski definition) is 1. The molecular weight excluding hydrogens is 270 g/mol. The molecule has 0 aliphatic heterocycles. The molecule has 2 nitrogen and oxygen atoms in total. The normalized spacial score (nSPS) is 29.0. The fraction of sp³-hybridized carbons (Fsp3) is 0.650. The summed E-state index contributed by atoms with van der Waals surface area (Å²) in [5, 5.41) is 0. The predicted octanol–water partition coefficient (Wildman–Crippen LogP) is 4.67. The largest absolute Gasteiger partial charge is 0.370 e. The van der Waals surface area contributed by atoms with E-state index in [-0.39, 0.29) is 11.3 Å². The monoisotopic (exact) mass is 301 g/mol. The van der Waals surface area contributed by atoms with Crippen molar-refractivity contribution in [3.63, 3.8) is 0 Å². The molecule has 22 heavy (non-hydrogen) atoms. The Morgan fingerprint density at radius 3 is 2.45 bits per heavy atom. The highest BCUT2D eigenvalue weighted by Crippen LogP contribution is 2.53. The summed E-state index contributed by atoms with van der Waals surface area (Å²) in [5.74, 6) is 0.863. The summed E-state index contributed by atoms with van der Waals surface area (Å²) in [6.07, 6.45) is 5.23. The van der Waals surface area contributed by atoms with Crippen LogP contribution in [0.4, 0.5) is 0 Å². The molecule has 1 aromatic rings. The van der Waals surface area contributed by atoms with E-state index in [0.717, 1.165) is 6.42 Å². The average molecular weight is 301 g/mol. The number of carbonyl (C=O) groups is 1. The van der Waals surface area contributed by atoms with Crippen LogP contribution < -0.4 is 5.73 Å². The molecule has 3 atom stereocenters. The standard InChI is InChI=1S/C20H31NO/c1-15(10-18(21)22)12-20(17-8-6-5-7-9-17)13-16(2)11-19(3,4)14-20/h5-9,15-16H,10-14H2,1-4H3,(H2,21,22). The number of carbonyl (C=O) groups excluding carboxylic acids is 1. The van der Waals surface area contributed by atoms with Gasteiger partial charge < -0.3 is 5.73 Å². The molecule has 1 fully saturated rings. The maximum Gasteiger partial charge on any atom is 0.217 e. The summed E-state index contributed by atoms with van der Waals surface area (Å²) in [4.78, 5) is 11.3. The van der Waals surface area contributed by atoms with Gasteiger partial charge in [0.1, 0.15) is 0 Å². The zero-order valence-electron chi connectivity index (χ0n) is 14.6. The van der Waals surface area contributed by atoms with E-state index in [9.17, 15) is 4.79 Å². The van der Waals surface area contributed by atoms with Crippen LogP contribution in [0, 0.1) is 17.3 Å². The summed E-state index contributed by atoms with van der Waals surface area (Å²) < 4.78 is 0. The molecule has 0 radical (unpaired) electrons. The van der Waals surface area contributed by atoms with Gasteiger partial charge in [0.15, 0.2) is 0 Å². The molecule has 2 N–H and O–H groups in total. The van der Waals surface area contributed by atoms with Gasteiger partial charge in [0.25, 0.3) is 0 Å². The van der Waals surface area contributed by atoms with Crippen LogP contribution in [0.5, 0.6) is 0 Å². The molecular formula is C20H31NO. The van der Waals surface area contributed by atoms with E-state index in [1.54, 1.807) is 0 Å². The van der Waals surface area contributed by atoms with Crippen LogP contribution in [-0.2, 0) is 10.2 Å². The summed E-state index contributed by atoms with van der Waals surface area (Å²) in [5.41, 5.74) is 7.38. The van der Waals surface area contributed by atoms with Crippen LogP contribution in [-0.4, -0.2) is 5.91 Å². The van der Waals surface area contributed by atoms with E-state index in [1.807, 2.05) is 0 Å². The topological polar surface area (TPSA) is 43.1 Å². The van der Waals surface area contributed by atoms with Crippen molar-refractivity contribution in [3.8, 4) is 0 Å². The Hall–Kier alpha value is -1.31. The van der Waals surface area contributed by atoms with Gasteiger partial charge >= 0.3 is 0 Å². The highest BCUT2D eigenvalue weighted by molar-refractivity contribution is 5.73. The molecule has 1 saturated carbocycles. The molecule has 122 valence electrons. The molecule has 1 aliphatic rings. The molecule has 0 heterocycles. The van der Waals surface area contributed by atoms with Crippen molar-refractivity contribution in [2.75, 3.05) is 0 Å². The molecule has 2 heteroatoms. The van der Waals surface area contributed by atoms with Crippen LogP contribution in [0.25, 0.3) is 0 Å². The van der Waals surface area contributed by atoms with Gasteiger partial charge in [-0.2, -0.15) is 0 Å². The molecule has 0 bridgehead atoms. The number of amides is 1. The summed E-state index contributed by atoms with van der Waals surface area (Å²) in [6.45, 7) is 9.32. The fourth-order valence-corrected chi connectivity index (χ4v) is 5.11. The molecule has 0 saturated heterocycles. The third-order valence-electron chi connectivity index (χ3n) is 5.13. The van der Waals surface area contributed by atoms with Gasteiger partial charge in [-0.3, -0.25) is 4.79 Å². The van der Waals surface area contributed by atoms with Gasteiger partial charge in [-0.05, 0) is 53.9 Å². The molecule has 0 spiro atoms. The van der Waals surface area contributed by atoms with Crippen LogP contribution >= 0.6 is 0 Å². The number of hydrogen-bond donors (Lipinski definition) is 1. The minimum Gasteiger partial charge on any atom is -0.370 e. The van der Waals surface area contributed by atoms with Crippen molar-refractivity contribution in [2.45, 2.75) is 65.2 Å². The Morgan fingerprint density at radius 2 is 1.91 bits per heavy atom. The Labute approximate surface area is 135 Å². The fourth-order valence-electron chi connectivity index (χ4n) is 5.11. The highest BCUT2D eigenvalue weighted by atomic mass is 16.1. The molecule has 1 aliphatic carbocycles. The molecule has 1 aromatic carbocycles. The minimum atomic E-state index is -0.182. The van der Waals surface area contributed by atoms with Crippen molar-refractivity contribution in [3.05, 3.63) is 35.9 Å². The zero-order valence-corrected chi connectivity index (χ0v) is 14.6. The van der Waals surface area contributed by atoms with Gasteiger partial charge in [-0.15, -0.1) is 0 Å². The number of rotatable bonds is 5. The van der Waals surface area contributed by atoms with E-state index in [4.69, 9.17) is 5.73 Å². The van der Waals surface area contributed by atoms with Gasteiger partial charge in [-0.25, -0.2) is 0 Å². The Kier molecular flexibility index (Phi) is 4.99. The second-order valence-corrected chi connectivity index (χ2v) is 8.48. The Morgan fingerprint density at radius 1 is 1.27 bits per heavy atom. The van der Waals surface area contributed by atoms with E-state index >= 15 is 0 Å². The van der Waals surface area contributed by atoms with E-state index in [1.165, 1.54) is 24.8 Å². The second kappa shape index (κ2) is 6.44. The van der Waals surface area contributed by atoms with Gasteiger partial charge in [-0.1, -0.05) is 58.0 Å². The zero-order chi connectivity index (χ0) is 16.4. The first-order valence-electron chi connectivity index (χ1n) is 8.56. The van der Waals surface area contributed by atoms with Crippen molar-refractivity contribution in [1.82, 2.24) is 0 Å².